The minimum absolute atomic E-state index is 0.0167. The fraction of sp³-hybridized carbons (Fsp3) is 0.286. The lowest BCUT2D eigenvalue weighted by atomic mass is 10.1. The largest absolute Gasteiger partial charge is 0.314 e. The molecular formula is C21H25N3O2S. The Morgan fingerprint density at radius 1 is 0.963 bits per heavy atom. The van der Waals surface area contributed by atoms with Crippen molar-refractivity contribution in [3.8, 4) is 0 Å². The molecule has 0 aliphatic rings. The van der Waals surface area contributed by atoms with E-state index < -0.39 is 9.84 Å². The van der Waals surface area contributed by atoms with Crippen LogP contribution >= 0.6 is 0 Å². The van der Waals surface area contributed by atoms with Gasteiger partial charge in [-0.3, -0.25) is 4.68 Å². The van der Waals surface area contributed by atoms with E-state index in [9.17, 15) is 8.42 Å². The Kier molecular flexibility index (Phi) is 6.42. The van der Waals surface area contributed by atoms with Gasteiger partial charge in [-0.15, -0.1) is 0 Å². The van der Waals surface area contributed by atoms with Crippen molar-refractivity contribution in [3.05, 3.63) is 83.6 Å². The third-order valence-electron chi connectivity index (χ3n) is 4.35. The standard InChI is InChI=1S/C21H25N3O2S/c1-22-16-20-15-21(27(25,26)17-19-11-6-3-7-12-19)24(23-20)14-8-13-18-9-4-2-5-10-18/h2-7,9-12,15,22H,8,13-14,16-17H2,1H3. The predicted octanol–water partition coefficient (Wildman–Crippen LogP) is 3.21. The van der Waals surface area contributed by atoms with Crippen molar-refractivity contribution in [1.29, 1.82) is 0 Å². The summed E-state index contributed by atoms with van der Waals surface area (Å²) in [4.78, 5) is 0. The molecule has 0 aliphatic carbocycles. The number of rotatable bonds is 9. The molecule has 142 valence electrons. The molecule has 0 bridgehead atoms. The van der Waals surface area contributed by atoms with Crippen LogP contribution in [0, 0.1) is 0 Å². The summed E-state index contributed by atoms with van der Waals surface area (Å²) in [5.41, 5.74) is 2.77. The average molecular weight is 384 g/mol. The van der Waals surface area contributed by atoms with Crippen molar-refractivity contribution in [2.75, 3.05) is 7.05 Å². The second kappa shape index (κ2) is 8.97. The molecule has 0 saturated carbocycles. The second-order valence-corrected chi connectivity index (χ2v) is 8.50. The van der Waals surface area contributed by atoms with E-state index in [1.165, 1.54) is 5.56 Å². The average Bonchev–Trinajstić information content (AvgIpc) is 3.07. The van der Waals surface area contributed by atoms with Gasteiger partial charge < -0.3 is 5.32 Å². The Morgan fingerprint density at radius 3 is 2.22 bits per heavy atom. The third-order valence-corrected chi connectivity index (χ3v) is 6.03. The Balaban J connectivity index is 1.78. The van der Waals surface area contributed by atoms with Gasteiger partial charge in [-0.2, -0.15) is 5.10 Å². The van der Waals surface area contributed by atoms with E-state index in [0.29, 0.717) is 18.1 Å². The summed E-state index contributed by atoms with van der Waals surface area (Å²) < 4.78 is 27.6. The first-order valence-electron chi connectivity index (χ1n) is 9.10. The number of aromatic nitrogens is 2. The SMILES string of the molecule is CNCc1cc(S(=O)(=O)Cc2ccccc2)n(CCCc2ccccc2)n1. The van der Waals surface area contributed by atoms with Crippen LogP contribution in [-0.4, -0.2) is 25.2 Å². The van der Waals surface area contributed by atoms with Crippen LogP contribution in [0.5, 0.6) is 0 Å². The second-order valence-electron chi connectivity index (χ2n) is 6.56. The Labute approximate surface area is 161 Å². The molecule has 0 unspecified atom stereocenters. The van der Waals surface area contributed by atoms with Gasteiger partial charge in [0.1, 0.15) is 0 Å². The van der Waals surface area contributed by atoms with Gasteiger partial charge in [0.25, 0.3) is 0 Å². The molecule has 0 fully saturated rings. The molecule has 0 spiro atoms. The summed E-state index contributed by atoms with van der Waals surface area (Å²) in [5.74, 6) is -0.0167. The van der Waals surface area contributed by atoms with E-state index in [0.717, 1.165) is 24.1 Å². The zero-order chi connectivity index (χ0) is 19.1. The maximum absolute atomic E-state index is 13.0. The fourth-order valence-corrected chi connectivity index (χ4v) is 4.62. The number of benzene rings is 2. The molecule has 6 heteroatoms. The highest BCUT2D eigenvalue weighted by Gasteiger charge is 2.22. The minimum atomic E-state index is -3.46. The third kappa shape index (κ3) is 5.28. The maximum Gasteiger partial charge on any atom is 0.199 e. The fourth-order valence-electron chi connectivity index (χ4n) is 3.07. The molecular weight excluding hydrogens is 358 g/mol. The predicted molar refractivity (Wildman–Crippen MR) is 107 cm³/mol. The Bertz CT molecular complexity index is 952. The zero-order valence-corrected chi connectivity index (χ0v) is 16.3. The quantitative estimate of drug-likeness (QED) is 0.616. The highest BCUT2D eigenvalue weighted by molar-refractivity contribution is 7.90. The molecule has 1 aromatic heterocycles. The smallest absolute Gasteiger partial charge is 0.199 e. The van der Waals surface area contributed by atoms with E-state index in [2.05, 4.69) is 22.5 Å². The topological polar surface area (TPSA) is 64.0 Å². The van der Waals surface area contributed by atoms with Crippen molar-refractivity contribution in [1.82, 2.24) is 15.1 Å². The normalized spacial score (nSPS) is 11.6. The van der Waals surface area contributed by atoms with Crippen LogP contribution in [0.2, 0.25) is 0 Å². The van der Waals surface area contributed by atoms with Crippen LogP contribution in [0.25, 0.3) is 0 Å². The molecule has 1 N–H and O–H groups in total. The van der Waals surface area contributed by atoms with Crippen molar-refractivity contribution >= 4 is 9.84 Å². The van der Waals surface area contributed by atoms with E-state index >= 15 is 0 Å². The zero-order valence-electron chi connectivity index (χ0n) is 15.5. The highest BCUT2D eigenvalue weighted by Crippen LogP contribution is 2.19. The van der Waals surface area contributed by atoms with E-state index in [1.54, 1.807) is 10.7 Å². The summed E-state index contributed by atoms with van der Waals surface area (Å²) >= 11 is 0. The van der Waals surface area contributed by atoms with Gasteiger partial charge >= 0.3 is 0 Å². The van der Waals surface area contributed by atoms with Crippen LogP contribution in [0.3, 0.4) is 0 Å². The van der Waals surface area contributed by atoms with Crippen molar-refractivity contribution in [2.45, 2.75) is 36.7 Å². The molecule has 2 aromatic carbocycles. The summed E-state index contributed by atoms with van der Waals surface area (Å²) in [5, 5.41) is 7.85. The summed E-state index contributed by atoms with van der Waals surface area (Å²) in [6.07, 6.45) is 1.72. The first kappa shape index (κ1) is 19.3. The van der Waals surface area contributed by atoms with Gasteiger partial charge in [-0.1, -0.05) is 60.7 Å². The van der Waals surface area contributed by atoms with Crippen LogP contribution in [-0.2, 0) is 35.1 Å². The van der Waals surface area contributed by atoms with Crippen molar-refractivity contribution < 1.29 is 8.42 Å². The minimum Gasteiger partial charge on any atom is -0.314 e. The number of hydrogen-bond acceptors (Lipinski definition) is 4. The Morgan fingerprint density at radius 2 is 1.59 bits per heavy atom. The van der Waals surface area contributed by atoms with Gasteiger partial charge in [-0.05, 0) is 37.1 Å². The summed E-state index contributed by atoms with van der Waals surface area (Å²) in [6, 6.07) is 21.2. The van der Waals surface area contributed by atoms with Crippen molar-refractivity contribution in [3.63, 3.8) is 0 Å². The molecule has 0 saturated heterocycles. The highest BCUT2D eigenvalue weighted by atomic mass is 32.2. The molecule has 0 atom stereocenters. The first-order valence-corrected chi connectivity index (χ1v) is 10.8. The number of hydrogen-bond donors (Lipinski definition) is 1. The lowest BCUT2D eigenvalue weighted by molar-refractivity contribution is 0.513. The lowest BCUT2D eigenvalue weighted by Crippen LogP contribution is -2.13. The van der Waals surface area contributed by atoms with Crippen LogP contribution in [0.1, 0.15) is 23.2 Å². The first-order chi connectivity index (χ1) is 13.1. The van der Waals surface area contributed by atoms with Gasteiger partial charge in [0.15, 0.2) is 14.9 Å². The van der Waals surface area contributed by atoms with Crippen LogP contribution < -0.4 is 5.32 Å². The molecule has 0 amide bonds. The van der Waals surface area contributed by atoms with Crippen LogP contribution in [0.4, 0.5) is 0 Å². The van der Waals surface area contributed by atoms with Crippen LogP contribution in [0.15, 0.2) is 71.8 Å². The number of sulfone groups is 1. The van der Waals surface area contributed by atoms with Gasteiger partial charge in [-0.25, -0.2) is 8.42 Å². The molecule has 1 heterocycles. The number of nitrogens with one attached hydrogen (secondary N) is 1. The summed E-state index contributed by atoms with van der Waals surface area (Å²) in [6.45, 7) is 1.11. The monoisotopic (exact) mass is 383 g/mol. The molecule has 27 heavy (non-hydrogen) atoms. The maximum atomic E-state index is 13.0. The Hall–Kier alpha value is -2.44. The molecule has 3 aromatic rings. The van der Waals surface area contributed by atoms with Gasteiger partial charge in [0.05, 0.1) is 11.4 Å². The number of aryl methyl sites for hydroxylation is 2. The van der Waals surface area contributed by atoms with Crippen molar-refractivity contribution in [2.24, 2.45) is 0 Å². The van der Waals surface area contributed by atoms with E-state index in [-0.39, 0.29) is 5.75 Å². The van der Waals surface area contributed by atoms with Gasteiger partial charge in [0.2, 0.25) is 0 Å². The van der Waals surface area contributed by atoms with E-state index in [1.807, 2.05) is 55.6 Å². The molecule has 0 radical (unpaired) electrons. The molecule has 3 rings (SSSR count). The lowest BCUT2D eigenvalue weighted by Gasteiger charge is -2.09. The summed E-state index contributed by atoms with van der Waals surface area (Å²) in [7, 11) is -1.64. The molecule has 5 nitrogen and oxygen atoms in total. The van der Waals surface area contributed by atoms with E-state index in [4.69, 9.17) is 0 Å². The number of nitrogens with zero attached hydrogens (tertiary/aromatic N) is 2. The van der Waals surface area contributed by atoms with Gasteiger partial charge in [0, 0.05) is 13.1 Å². The molecule has 0 aliphatic heterocycles.